The van der Waals surface area contributed by atoms with Crippen molar-refractivity contribution in [2.24, 2.45) is 0 Å². The fourth-order valence-corrected chi connectivity index (χ4v) is 1.08. The predicted molar refractivity (Wildman–Crippen MR) is 55.5 cm³/mol. The minimum Gasteiger partial charge on any atom is -0.295 e. The van der Waals surface area contributed by atoms with Gasteiger partial charge in [0.15, 0.2) is 5.78 Å². The fourth-order valence-electron chi connectivity index (χ4n) is 1.08. The highest BCUT2D eigenvalue weighted by molar-refractivity contribution is 5.91. The number of hydrogen-bond acceptors (Lipinski definition) is 1. The van der Waals surface area contributed by atoms with Crippen LogP contribution in [-0.4, -0.2) is 5.78 Å². The summed E-state index contributed by atoms with van der Waals surface area (Å²) in [4.78, 5) is 10.7. The molecular formula is C12H14O. The number of allylic oxidation sites excluding steroid dienone is 1. The van der Waals surface area contributed by atoms with E-state index >= 15 is 0 Å². The van der Waals surface area contributed by atoms with Crippen LogP contribution in [0.25, 0.3) is 6.08 Å². The van der Waals surface area contributed by atoms with Crippen molar-refractivity contribution >= 4 is 11.9 Å². The van der Waals surface area contributed by atoms with E-state index in [1.54, 1.807) is 13.0 Å². The van der Waals surface area contributed by atoms with Crippen LogP contribution in [0.5, 0.6) is 0 Å². The van der Waals surface area contributed by atoms with E-state index in [0.717, 1.165) is 12.0 Å². The number of aryl methyl sites for hydroxylation is 1. The SMILES string of the molecule is CCc1ccc(C=CC(C)=O)cc1. The van der Waals surface area contributed by atoms with Crippen LogP contribution < -0.4 is 0 Å². The molecule has 0 saturated carbocycles. The van der Waals surface area contributed by atoms with Gasteiger partial charge in [0.1, 0.15) is 0 Å². The molecule has 0 fully saturated rings. The van der Waals surface area contributed by atoms with Gasteiger partial charge < -0.3 is 0 Å². The molecule has 0 saturated heterocycles. The first-order valence-corrected chi connectivity index (χ1v) is 4.50. The molecule has 68 valence electrons. The molecule has 1 nitrogen and oxygen atoms in total. The van der Waals surface area contributed by atoms with Crippen molar-refractivity contribution < 1.29 is 4.79 Å². The lowest BCUT2D eigenvalue weighted by Gasteiger charge is -1.96. The summed E-state index contributed by atoms with van der Waals surface area (Å²) in [6.07, 6.45) is 4.47. The van der Waals surface area contributed by atoms with Gasteiger partial charge in [-0.25, -0.2) is 0 Å². The van der Waals surface area contributed by atoms with Gasteiger partial charge in [-0.2, -0.15) is 0 Å². The van der Waals surface area contributed by atoms with Gasteiger partial charge in [-0.05, 0) is 30.5 Å². The molecule has 1 heteroatoms. The molecule has 0 spiro atoms. The quantitative estimate of drug-likeness (QED) is 0.644. The monoisotopic (exact) mass is 174 g/mol. The summed E-state index contributed by atoms with van der Waals surface area (Å²) in [5.41, 5.74) is 2.40. The van der Waals surface area contributed by atoms with E-state index < -0.39 is 0 Å². The third-order valence-electron chi connectivity index (χ3n) is 1.90. The van der Waals surface area contributed by atoms with Crippen molar-refractivity contribution in [2.75, 3.05) is 0 Å². The molecule has 0 radical (unpaired) electrons. The Morgan fingerprint density at radius 2 is 1.92 bits per heavy atom. The minimum absolute atomic E-state index is 0.0829. The molecule has 0 unspecified atom stereocenters. The Kier molecular flexibility index (Phi) is 3.44. The zero-order chi connectivity index (χ0) is 9.68. The summed E-state index contributed by atoms with van der Waals surface area (Å²) in [7, 11) is 0. The maximum atomic E-state index is 10.7. The average Bonchev–Trinajstić information content (AvgIpc) is 2.15. The Balaban J connectivity index is 2.75. The standard InChI is InChI=1S/C12H14O/c1-3-11-6-8-12(9-7-11)5-4-10(2)13/h4-9H,3H2,1-2H3. The highest BCUT2D eigenvalue weighted by Gasteiger charge is 1.89. The largest absolute Gasteiger partial charge is 0.295 e. The molecule has 0 aliphatic rings. The second-order valence-electron chi connectivity index (χ2n) is 3.04. The van der Waals surface area contributed by atoms with Crippen LogP contribution >= 0.6 is 0 Å². The van der Waals surface area contributed by atoms with Gasteiger partial charge in [0.05, 0.1) is 0 Å². The van der Waals surface area contributed by atoms with Crippen LogP contribution in [0.15, 0.2) is 30.3 Å². The molecule has 0 aliphatic heterocycles. The number of carbonyl (C=O) groups excluding carboxylic acids is 1. The van der Waals surface area contributed by atoms with E-state index in [9.17, 15) is 4.79 Å². The molecule has 0 aromatic heterocycles. The van der Waals surface area contributed by atoms with Gasteiger partial charge in [0.2, 0.25) is 0 Å². The van der Waals surface area contributed by atoms with Crippen LogP contribution in [0.2, 0.25) is 0 Å². The molecule has 13 heavy (non-hydrogen) atoms. The van der Waals surface area contributed by atoms with E-state index in [4.69, 9.17) is 0 Å². The first-order valence-electron chi connectivity index (χ1n) is 4.50. The van der Waals surface area contributed by atoms with Crippen molar-refractivity contribution in [1.29, 1.82) is 0 Å². The Morgan fingerprint density at radius 3 is 2.38 bits per heavy atom. The van der Waals surface area contributed by atoms with E-state index in [1.165, 1.54) is 5.56 Å². The summed E-state index contributed by atoms with van der Waals surface area (Å²) < 4.78 is 0. The number of rotatable bonds is 3. The third kappa shape index (κ3) is 3.24. The summed E-state index contributed by atoms with van der Waals surface area (Å²) in [5.74, 6) is 0.0829. The van der Waals surface area contributed by atoms with Gasteiger partial charge in [-0.15, -0.1) is 0 Å². The number of carbonyl (C=O) groups is 1. The minimum atomic E-state index is 0.0829. The van der Waals surface area contributed by atoms with E-state index in [1.807, 2.05) is 18.2 Å². The number of hydrogen-bond donors (Lipinski definition) is 0. The maximum absolute atomic E-state index is 10.7. The maximum Gasteiger partial charge on any atom is 0.152 e. The molecule has 0 amide bonds. The van der Waals surface area contributed by atoms with E-state index in [0.29, 0.717) is 0 Å². The van der Waals surface area contributed by atoms with Gasteiger partial charge >= 0.3 is 0 Å². The van der Waals surface area contributed by atoms with Crippen molar-refractivity contribution in [3.63, 3.8) is 0 Å². The fraction of sp³-hybridized carbons (Fsp3) is 0.250. The molecule has 0 aliphatic carbocycles. The third-order valence-corrected chi connectivity index (χ3v) is 1.90. The molecule has 0 atom stereocenters. The summed E-state index contributed by atoms with van der Waals surface area (Å²) in [6.45, 7) is 3.68. The molecule has 0 bridgehead atoms. The normalized spacial score (nSPS) is 10.6. The Morgan fingerprint density at radius 1 is 1.31 bits per heavy atom. The molecule has 1 rings (SSSR count). The van der Waals surface area contributed by atoms with Gasteiger partial charge in [0.25, 0.3) is 0 Å². The van der Waals surface area contributed by atoms with Gasteiger partial charge in [-0.1, -0.05) is 37.3 Å². The van der Waals surface area contributed by atoms with E-state index in [-0.39, 0.29) is 5.78 Å². The van der Waals surface area contributed by atoms with Gasteiger partial charge in [-0.3, -0.25) is 4.79 Å². The smallest absolute Gasteiger partial charge is 0.152 e. The highest BCUT2D eigenvalue weighted by Crippen LogP contribution is 2.06. The van der Waals surface area contributed by atoms with Gasteiger partial charge in [0, 0.05) is 0 Å². The first-order chi connectivity index (χ1) is 6.22. The lowest BCUT2D eigenvalue weighted by atomic mass is 10.1. The van der Waals surface area contributed by atoms with Crippen molar-refractivity contribution in [1.82, 2.24) is 0 Å². The molecular weight excluding hydrogens is 160 g/mol. The number of benzene rings is 1. The molecule has 0 N–H and O–H groups in total. The van der Waals surface area contributed by atoms with Crippen LogP contribution in [0.3, 0.4) is 0 Å². The predicted octanol–water partition coefficient (Wildman–Crippen LogP) is 2.85. The number of ketones is 1. The van der Waals surface area contributed by atoms with Crippen LogP contribution in [-0.2, 0) is 11.2 Å². The lowest BCUT2D eigenvalue weighted by molar-refractivity contribution is -0.112. The molecule has 1 aromatic rings. The van der Waals surface area contributed by atoms with Crippen LogP contribution in [0.1, 0.15) is 25.0 Å². The first kappa shape index (κ1) is 9.72. The Hall–Kier alpha value is -1.37. The molecule has 1 aromatic carbocycles. The van der Waals surface area contributed by atoms with Crippen molar-refractivity contribution in [3.05, 3.63) is 41.5 Å². The second kappa shape index (κ2) is 4.61. The zero-order valence-corrected chi connectivity index (χ0v) is 8.08. The van der Waals surface area contributed by atoms with Crippen molar-refractivity contribution in [2.45, 2.75) is 20.3 Å². The Bertz CT molecular complexity index is 306. The summed E-state index contributed by atoms with van der Waals surface area (Å²) in [6, 6.07) is 8.22. The second-order valence-corrected chi connectivity index (χ2v) is 3.04. The summed E-state index contributed by atoms with van der Waals surface area (Å²) in [5, 5.41) is 0. The zero-order valence-electron chi connectivity index (χ0n) is 8.08. The average molecular weight is 174 g/mol. The van der Waals surface area contributed by atoms with Crippen LogP contribution in [0.4, 0.5) is 0 Å². The van der Waals surface area contributed by atoms with E-state index in [2.05, 4.69) is 19.1 Å². The van der Waals surface area contributed by atoms with Crippen LogP contribution in [0, 0.1) is 0 Å². The topological polar surface area (TPSA) is 17.1 Å². The summed E-state index contributed by atoms with van der Waals surface area (Å²) >= 11 is 0. The Labute approximate surface area is 79.1 Å². The lowest BCUT2D eigenvalue weighted by Crippen LogP contribution is -1.82. The highest BCUT2D eigenvalue weighted by atomic mass is 16.1. The van der Waals surface area contributed by atoms with Crippen molar-refractivity contribution in [3.8, 4) is 0 Å². The molecule has 0 heterocycles.